The summed E-state index contributed by atoms with van der Waals surface area (Å²) in [4.78, 5) is 59.4. The summed E-state index contributed by atoms with van der Waals surface area (Å²) in [5.41, 5.74) is 11.9. The van der Waals surface area contributed by atoms with E-state index in [1.807, 2.05) is 0 Å². The minimum Gasteiger partial charge on any atom is -0.465 e. The number of phosphoric acid groups is 3. The number of nitrogens with two attached hydrogens (primary N) is 2. The molecule has 0 amide bonds. The zero-order valence-electron chi connectivity index (χ0n) is 18.1. The van der Waals surface area contributed by atoms with Gasteiger partial charge in [0.25, 0.3) is 0 Å². The Hall–Kier alpha value is -2.01. The van der Waals surface area contributed by atoms with Crippen LogP contribution in [0.15, 0.2) is 6.33 Å². The van der Waals surface area contributed by atoms with E-state index in [0.29, 0.717) is 0 Å². The predicted molar refractivity (Wildman–Crippen MR) is 115 cm³/mol. The Kier molecular flexibility index (Phi) is 9.49. The number of carbonyl (C=O) groups is 1. The molecule has 0 saturated carbocycles. The van der Waals surface area contributed by atoms with Gasteiger partial charge in [0.2, 0.25) is 5.95 Å². The van der Waals surface area contributed by atoms with E-state index in [2.05, 4.69) is 28.1 Å². The number of hydrogen-bond acceptors (Lipinski definition) is 14. The van der Waals surface area contributed by atoms with E-state index in [1.54, 1.807) is 0 Å². The fraction of sp³-hybridized carbons (Fsp3) is 0.538. The lowest BCUT2D eigenvalue weighted by molar-refractivity contribution is -0.144. The fourth-order valence-electron chi connectivity index (χ4n) is 2.74. The van der Waals surface area contributed by atoms with Crippen LogP contribution in [-0.4, -0.2) is 71.5 Å². The Balaban J connectivity index is 2.21. The van der Waals surface area contributed by atoms with Gasteiger partial charge in [-0.05, 0) is 0 Å². The van der Waals surface area contributed by atoms with Crippen molar-refractivity contribution in [3.63, 3.8) is 0 Å². The van der Waals surface area contributed by atoms with Crippen LogP contribution in [0.5, 0.6) is 0 Å². The number of rotatable bonds is 13. The van der Waals surface area contributed by atoms with Crippen molar-refractivity contribution >= 4 is 52.4 Å². The summed E-state index contributed by atoms with van der Waals surface area (Å²) in [6, 6.07) is 0. The molecule has 2 aromatic heterocycles. The quantitative estimate of drug-likeness (QED) is 0.132. The Bertz CT molecular complexity index is 1200. The molecule has 0 aliphatic heterocycles. The molecule has 2 aromatic rings. The lowest BCUT2D eigenvalue weighted by atomic mass is 10.0. The zero-order valence-corrected chi connectivity index (χ0v) is 20.8. The van der Waals surface area contributed by atoms with Gasteiger partial charge in [-0.25, -0.2) is 18.7 Å². The zero-order chi connectivity index (χ0) is 26.6. The van der Waals surface area contributed by atoms with Gasteiger partial charge in [0, 0.05) is 26.5 Å². The van der Waals surface area contributed by atoms with Crippen molar-refractivity contribution in [2.45, 2.75) is 19.6 Å². The third-order valence-corrected chi connectivity index (χ3v) is 7.89. The third-order valence-electron chi connectivity index (χ3n) is 4.09. The molecule has 0 bridgehead atoms. The molecule has 8 N–H and O–H groups in total. The molecule has 35 heavy (non-hydrogen) atoms. The summed E-state index contributed by atoms with van der Waals surface area (Å²) in [5.74, 6) is -1.57. The number of aromatic nitrogens is 4. The maximum absolute atomic E-state index is 12.0. The number of fused-ring (bicyclic) bond motifs is 1. The average Bonchev–Trinajstić information content (AvgIpc) is 3.06. The normalized spacial score (nSPS) is 17.4. The Morgan fingerprint density at radius 2 is 1.74 bits per heavy atom. The van der Waals surface area contributed by atoms with Gasteiger partial charge in [0.05, 0.1) is 25.6 Å². The van der Waals surface area contributed by atoms with Crippen LogP contribution in [0.3, 0.4) is 0 Å². The number of hydrogen-bond donors (Lipinski definition) is 6. The van der Waals surface area contributed by atoms with Crippen LogP contribution in [0.4, 0.5) is 11.8 Å². The topological polar surface area (TPSA) is 291 Å². The monoisotopic (exact) mass is 564 g/mol. The van der Waals surface area contributed by atoms with Crippen molar-refractivity contribution < 1.29 is 60.7 Å². The van der Waals surface area contributed by atoms with E-state index in [0.717, 1.165) is 6.92 Å². The van der Waals surface area contributed by atoms with E-state index in [1.165, 1.54) is 18.0 Å². The SMILES string of the molecule is CO[C@H](COP(=O)(O)OP(=O)(O)OP(=O)(O)O)[C@@H](COC(C)=O)Cn1cnc2c(N)nc(N)nc21. The largest absolute Gasteiger partial charge is 0.490 e. The fourth-order valence-corrected chi connectivity index (χ4v) is 5.77. The van der Waals surface area contributed by atoms with E-state index in [-0.39, 0.29) is 36.1 Å². The second-order valence-electron chi connectivity index (χ2n) is 6.76. The molecule has 0 aliphatic rings. The van der Waals surface area contributed by atoms with Crippen molar-refractivity contribution in [1.82, 2.24) is 19.5 Å². The molecular formula is C13H23N6O13P3. The average molecular weight is 564 g/mol. The van der Waals surface area contributed by atoms with Crippen molar-refractivity contribution in [3.8, 4) is 0 Å². The minimum atomic E-state index is -5.70. The number of nitrogen functional groups attached to an aromatic ring is 2. The van der Waals surface area contributed by atoms with Crippen LogP contribution >= 0.6 is 23.5 Å². The Morgan fingerprint density at radius 1 is 1.09 bits per heavy atom. The van der Waals surface area contributed by atoms with E-state index in [4.69, 9.17) is 30.7 Å². The standard InChI is InChI=1S/C13H23N6O13P3/c1-7(20)29-4-8(3-19-6-16-10-11(14)17-13(15)18-12(10)19)9(28-2)5-30-34(24,25)32-35(26,27)31-33(21,22)23/h6,8-9H,3-5H2,1-2H3,(H,24,25)(H,26,27)(H2,21,22,23)(H4,14,15,17,18)/t8-,9-/m1/s1. The van der Waals surface area contributed by atoms with Gasteiger partial charge in [-0.1, -0.05) is 0 Å². The summed E-state index contributed by atoms with van der Waals surface area (Å²) in [5, 5.41) is 0. The summed E-state index contributed by atoms with van der Waals surface area (Å²) < 4.78 is 57.9. The smallest absolute Gasteiger partial charge is 0.465 e. The van der Waals surface area contributed by atoms with Gasteiger partial charge in [0.15, 0.2) is 11.5 Å². The maximum Gasteiger partial charge on any atom is 0.490 e. The van der Waals surface area contributed by atoms with E-state index >= 15 is 0 Å². The molecule has 0 aromatic carbocycles. The van der Waals surface area contributed by atoms with Crippen LogP contribution in [-0.2, 0) is 47.7 Å². The first-order valence-corrected chi connectivity index (χ1v) is 13.7. The highest BCUT2D eigenvalue weighted by Crippen LogP contribution is 2.66. The second-order valence-corrected chi connectivity index (χ2v) is 11.2. The van der Waals surface area contributed by atoms with Crippen LogP contribution in [0.25, 0.3) is 11.2 Å². The lowest BCUT2D eigenvalue weighted by Crippen LogP contribution is -2.34. The van der Waals surface area contributed by atoms with Crippen molar-refractivity contribution in [1.29, 1.82) is 0 Å². The van der Waals surface area contributed by atoms with Crippen LogP contribution in [0.1, 0.15) is 6.92 Å². The van der Waals surface area contributed by atoms with Crippen LogP contribution in [0.2, 0.25) is 0 Å². The molecule has 198 valence electrons. The van der Waals surface area contributed by atoms with Gasteiger partial charge in [-0.3, -0.25) is 9.32 Å². The number of carbonyl (C=O) groups excluding carboxylic acids is 1. The molecule has 2 unspecified atom stereocenters. The molecule has 0 spiro atoms. The molecule has 19 nitrogen and oxygen atoms in total. The lowest BCUT2D eigenvalue weighted by Gasteiger charge is -2.26. The molecule has 0 radical (unpaired) electrons. The summed E-state index contributed by atoms with van der Waals surface area (Å²) in [6.45, 7) is 0.0471. The third kappa shape index (κ3) is 9.18. The molecule has 2 rings (SSSR count). The number of phosphoric ester groups is 1. The molecule has 22 heteroatoms. The maximum atomic E-state index is 12.0. The number of ether oxygens (including phenoxy) is 2. The second kappa shape index (κ2) is 11.4. The van der Waals surface area contributed by atoms with Crippen molar-refractivity contribution in [2.75, 3.05) is 31.8 Å². The van der Waals surface area contributed by atoms with E-state index < -0.39 is 48.1 Å². The number of methoxy groups -OCH3 is 1. The van der Waals surface area contributed by atoms with Gasteiger partial charge in [0.1, 0.15) is 5.52 Å². The number of esters is 1. The minimum absolute atomic E-state index is 0.0127. The van der Waals surface area contributed by atoms with Gasteiger partial charge in [-0.2, -0.15) is 18.6 Å². The highest BCUT2D eigenvalue weighted by atomic mass is 31.3. The number of nitrogens with zero attached hydrogens (tertiary/aromatic N) is 4. The first kappa shape index (κ1) is 29.2. The van der Waals surface area contributed by atoms with E-state index in [9.17, 15) is 28.3 Å². The summed E-state index contributed by atoms with van der Waals surface area (Å²) >= 11 is 0. The summed E-state index contributed by atoms with van der Waals surface area (Å²) in [6.07, 6.45) is 0.221. The highest BCUT2D eigenvalue weighted by molar-refractivity contribution is 7.66. The molecule has 0 saturated heterocycles. The molecule has 2 heterocycles. The van der Waals surface area contributed by atoms with Crippen molar-refractivity contribution in [3.05, 3.63) is 6.33 Å². The number of anilines is 2. The van der Waals surface area contributed by atoms with Crippen LogP contribution in [0, 0.1) is 5.92 Å². The molecule has 0 fully saturated rings. The highest BCUT2D eigenvalue weighted by Gasteiger charge is 2.41. The van der Waals surface area contributed by atoms with Gasteiger partial charge >= 0.3 is 29.4 Å². The van der Waals surface area contributed by atoms with Crippen LogP contribution < -0.4 is 11.5 Å². The summed E-state index contributed by atoms with van der Waals surface area (Å²) in [7, 11) is -15.5. The van der Waals surface area contributed by atoms with Crippen molar-refractivity contribution in [2.24, 2.45) is 5.92 Å². The molecule has 4 atom stereocenters. The Morgan fingerprint density at radius 3 is 2.31 bits per heavy atom. The first-order valence-electron chi connectivity index (χ1n) is 9.20. The van der Waals surface area contributed by atoms with Gasteiger partial charge in [-0.15, -0.1) is 0 Å². The molecule has 0 aliphatic carbocycles. The van der Waals surface area contributed by atoms with Gasteiger partial charge < -0.3 is 45.1 Å². The number of imidazole rings is 1. The Labute approximate surface area is 196 Å². The molecular weight excluding hydrogens is 541 g/mol. The first-order chi connectivity index (χ1) is 16.0. The predicted octanol–water partition coefficient (Wildman–Crippen LogP) is -0.472.